The van der Waals surface area contributed by atoms with Gasteiger partial charge in [-0.1, -0.05) is 18.2 Å². The van der Waals surface area contributed by atoms with Gasteiger partial charge in [0, 0.05) is 5.56 Å². The van der Waals surface area contributed by atoms with Gasteiger partial charge in [-0.25, -0.2) is 0 Å². The number of nitrogens with one attached hydrogen (secondary N) is 1. The second-order valence-corrected chi connectivity index (χ2v) is 3.33. The van der Waals surface area contributed by atoms with Crippen molar-refractivity contribution < 1.29 is 9.53 Å². The molecule has 0 spiro atoms. The first kappa shape index (κ1) is 9.53. The lowest BCUT2D eigenvalue weighted by Crippen LogP contribution is -2.29. The van der Waals surface area contributed by atoms with Crippen molar-refractivity contribution in [3.8, 4) is 11.9 Å². The van der Waals surface area contributed by atoms with Gasteiger partial charge in [-0.05, 0) is 12.5 Å². The van der Waals surface area contributed by atoms with E-state index in [0.717, 1.165) is 11.3 Å². The number of carbonyl (C=O) groups excluding carboxylic acids is 1. The van der Waals surface area contributed by atoms with Gasteiger partial charge >= 0.3 is 0 Å². The van der Waals surface area contributed by atoms with Crippen molar-refractivity contribution in [2.24, 2.45) is 0 Å². The molecule has 15 heavy (non-hydrogen) atoms. The Morgan fingerprint density at radius 3 is 3.13 bits per heavy atom. The zero-order valence-electron chi connectivity index (χ0n) is 8.06. The average molecular weight is 202 g/mol. The lowest BCUT2D eigenvalue weighted by Gasteiger charge is -2.23. The molecule has 1 aromatic carbocycles. The second-order valence-electron chi connectivity index (χ2n) is 3.33. The lowest BCUT2D eigenvalue weighted by molar-refractivity contribution is -0.122. The number of nitriles is 1. The van der Waals surface area contributed by atoms with Crippen molar-refractivity contribution in [1.29, 1.82) is 5.26 Å². The van der Waals surface area contributed by atoms with E-state index in [1.54, 1.807) is 6.19 Å². The van der Waals surface area contributed by atoms with E-state index in [0.29, 0.717) is 13.0 Å². The molecule has 0 saturated heterocycles. The van der Waals surface area contributed by atoms with Crippen molar-refractivity contribution in [1.82, 2.24) is 5.32 Å². The number of carbonyl (C=O) groups is 1. The SMILES string of the molecule is N#CNC(=O)C1CCOc2ccccc21. The molecule has 1 aliphatic heterocycles. The minimum atomic E-state index is -0.269. The first-order valence-electron chi connectivity index (χ1n) is 4.73. The van der Waals surface area contributed by atoms with Crippen LogP contribution in [0.4, 0.5) is 0 Å². The Balaban J connectivity index is 2.30. The van der Waals surface area contributed by atoms with Crippen LogP contribution in [-0.4, -0.2) is 12.5 Å². The zero-order chi connectivity index (χ0) is 10.7. The summed E-state index contributed by atoms with van der Waals surface area (Å²) in [5.74, 6) is 0.213. The van der Waals surface area contributed by atoms with Gasteiger partial charge in [0.1, 0.15) is 5.75 Å². The molecule has 1 aromatic rings. The van der Waals surface area contributed by atoms with E-state index < -0.39 is 0 Å². The topological polar surface area (TPSA) is 62.1 Å². The molecule has 0 aromatic heterocycles. The molecule has 1 unspecified atom stereocenters. The summed E-state index contributed by atoms with van der Waals surface area (Å²) in [7, 11) is 0. The summed E-state index contributed by atoms with van der Waals surface area (Å²) in [6.07, 6.45) is 2.27. The predicted octanol–water partition coefficient (Wildman–Crippen LogP) is 1.15. The van der Waals surface area contributed by atoms with Crippen LogP contribution in [0.25, 0.3) is 0 Å². The molecule has 1 aliphatic rings. The standard InChI is InChI=1S/C11H10N2O2/c12-7-13-11(14)9-5-6-15-10-4-2-1-3-8(9)10/h1-4,9H,5-6H2,(H,13,14). The molecule has 4 heteroatoms. The number of amides is 1. The summed E-state index contributed by atoms with van der Waals surface area (Å²) >= 11 is 0. The first-order chi connectivity index (χ1) is 7.33. The van der Waals surface area contributed by atoms with E-state index in [1.165, 1.54) is 0 Å². The Morgan fingerprint density at radius 2 is 2.33 bits per heavy atom. The molecule has 0 fully saturated rings. The predicted molar refractivity (Wildman–Crippen MR) is 53.1 cm³/mol. The van der Waals surface area contributed by atoms with Crippen LogP contribution in [0.15, 0.2) is 24.3 Å². The number of benzene rings is 1. The maximum atomic E-state index is 11.6. The fraction of sp³-hybridized carbons (Fsp3) is 0.273. The van der Waals surface area contributed by atoms with E-state index in [9.17, 15) is 4.79 Å². The van der Waals surface area contributed by atoms with Gasteiger partial charge in [-0.2, -0.15) is 5.26 Å². The van der Waals surface area contributed by atoms with Crippen LogP contribution in [-0.2, 0) is 4.79 Å². The maximum Gasteiger partial charge on any atom is 0.240 e. The highest BCUT2D eigenvalue weighted by molar-refractivity contribution is 5.85. The van der Waals surface area contributed by atoms with Gasteiger partial charge < -0.3 is 4.74 Å². The fourth-order valence-electron chi connectivity index (χ4n) is 1.76. The van der Waals surface area contributed by atoms with E-state index in [1.807, 2.05) is 24.3 Å². The molecule has 0 saturated carbocycles. The first-order valence-corrected chi connectivity index (χ1v) is 4.73. The third kappa shape index (κ3) is 1.77. The summed E-state index contributed by atoms with van der Waals surface area (Å²) in [6.45, 7) is 0.514. The van der Waals surface area contributed by atoms with Crippen LogP contribution in [0.5, 0.6) is 5.75 Å². The fourth-order valence-corrected chi connectivity index (χ4v) is 1.76. The van der Waals surface area contributed by atoms with Crippen molar-refractivity contribution in [3.63, 3.8) is 0 Å². The third-order valence-electron chi connectivity index (χ3n) is 2.45. The van der Waals surface area contributed by atoms with Gasteiger partial charge in [0.05, 0.1) is 12.5 Å². The minimum absolute atomic E-state index is 0.256. The number of fused-ring (bicyclic) bond motifs is 1. The maximum absolute atomic E-state index is 11.6. The van der Waals surface area contributed by atoms with Gasteiger partial charge in [-0.3, -0.25) is 10.1 Å². The Labute approximate surface area is 87.5 Å². The van der Waals surface area contributed by atoms with Crippen molar-refractivity contribution in [2.75, 3.05) is 6.61 Å². The Morgan fingerprint density at radius 1 is 1.53 bits per heavy atom. The van der Waals surface area contributed by atoms with Crippen molar-refractivity contribution in [3.05, 3.63) is 29.8 Å². The summed E-state index contributed by atoms with van der Waals surface area (Å²) in [5.41, 5.74) is 0.858. The van der Waals surface area contributed by atoms with E-state index in [-0.39, 0.29) is 11.8 Å². The summed E-state index contributed by atoms with van der Waals surface area (Å²) in [5, 5.41) is 10.6. The van der Waals surface area contributed by atoms with Crippen molar-refractivity contribution in [2.45, 2.75) is 12.3 Å². The van der Waals surface area contributed by atoms with Crippen LogP contribution in [0, 0.1) is 11.5 Å². The Bertz CT molecular complexity index is 423. The van der Waals surface area contributed by atoms with E-state index in [2.05, 4.69) is 5.32 Å². The molecular weight excluding hydrogens is 192 g/mol. The zero-order valence-corrected chi connectivity index (χ0v) is 8.06. The number of rotatable bonds is 1. The van der Waals surface area contributed by atoms with Gasteiger partial charge in [-0.15, -0.1) is 0 Å². The lowest BCUT2D eigenvalue weighted by atomic mass is 9.92. The van der Waals surface area contributed by atoms with Crippen LogP contribution < -0.4 is 10.1 Å². The highest BCUT2D eigenvalue weighted by Gasteiger charge is 2.26. The minimum Gasteiger partial charge on any atom is -0.493 e. The average Bonchev–Trinajstić information content (AvgIpc) is 2.28. The molecule has 1 heterocycles. The summed E-state index contributed by atoms with van der Waals surface area (Å²) < 4.78 is 5.42. The number of nitrogens with zero attached hydrogens (tertiary/aromatic N) is 1. The number of para-hydroxylation sites is 1. The largest absolute Gasteiger partial charge is 0.493 e. The number of ether oxygens (including phenoxy) is 1. The molecule has 1 amide bonds. The van der Waals surface area contributed by atoms with Gasteiger partial charge in [0.2, 0.25) is 5.91 Å². The third-order valence-corrected chi connectivity index (χ3v) is 2.45. The molecule has 1 atom stereocenters. The summed E-state index contributed by atoms with van der Waals surface area (Å²) in [6, 6.07) is 7.42. The van der Waals surface area contributed by atoms with Gasteiger partial charge in [0.15, 0.2) is 6.19 Å². The summed E-state index contributed by atoms with van der Waals surface area (Å²) in [4.78, 5) is 11.6. The van der Waals surface area contributed by atoms with Gasteiger partial charge in [0.25, 0.3) is 0 Å². The molecule has 0 bridgehead atoms. The molecule has 76 valence electrons. The molecule has 4 nitrogen and oxygen atoms in total. The van der Waals surface area contributed by atoms with Crippen LogP contribution >= 0.6 is 0 Å². The normalized spacial score (nSPS) is 18.2. The molecule has 1 N–H and O–H groups in total. The number of hydrogen-bond acceptors (Lipinski definition) is 3. The van der Waals surface area contributed by atoms with Crippen LogP contribution in [0.3, 0.4) is 0 Å². The second kappa shape index (κ2) is 4.01. The quantitative estimate of drug-likeness (QED) is 0.549. The van der Waals surface area contributed by atoms with E-state index in [4.69, 9.17) is 10.00 Å². The van der Waals surface area contributed by atoms with E-state index >= 15 is 0 Å². The van der Waals surface area contributed by atoms with Crippen LogP contribution in [0.1, 0.15) is 17.9 Å². The monoisotopic (exact) mass is 202 g/mol. The highest BCUT2D eigenvalue weighted by Crippen LogP contribution is 2.33. The van der Waals surface area contributed by atoms with Crippen molar-refractivity contribution >= 4 is 5.91 Å². The number of hydrogen-bond donors (Lipinski definition) is 1. The Kier molecular flexibility index (Phi) is 2.55. The molecule has 0 aliphatic carbocycles. The Hall–Kier alpha value is -2.02. The highest BCUT2D eigenvalue weighted by atomic mass is 16.5. The molecular formula is C11H10N2O2. The van der Waals surface area contributed by atoms with Crippen LogP contribution in [0.2, 0.25) is 0 Å². The molecule has 0 radical (unpaired) electrons. The smallest absolute Gasteiger partial charge is 0.240 e. The molecule has 2 rings (SSSR count).